The van der Waals surface area contributed by atoms with Crippen molar-refractivity contribution in [2.75, 3.05) is 0 Å². The summed E-state index contributed by atoms with van der Waals surface area (Å²) in [4.78, 5) is 3.69. The van der Waals surface area contributed by atoms with E-state index in [1.807, 2.05) is 0 Å². The molecule has 0 fully saturated rings. The summed E-state index contributed by atoms with van der Waals surface area (Å²) in [5, 5.41) is 0.248. The van der Waals surface area contributed by atoms with E-state index in [0.29, 0.717) is 11.3 Å². The van der Waals surface area contributed by atoms with Crippen LogP contribution in [0.15, 0.2) is 6.07 Å². The minimum atomic E-state index is -2.60. The Bertz CT molecular complexity index is 292. The molecule has 0 aliphatic carbocycles. The molecule has 0 aliphatic heterocycles. The number of hydrogen-bond donors (Lipinski definition) is 0. The molecule has 13 heavy (non-hydrogen) atoms. The highest BCUT2D eigenvalue weighted by Gasteiger charge is 2.13. The standard InChI is InChI=1S/C8H7Cl2F2N/c1-4-5(3-9)6(10)2-7(13-4)8(11)12/h2,8H,3H2,1H3. The van der Waals surface area contributed by atoms with E-state index in [2.05, 4.69) is 4.98 Å². The van der Waals surface area contributed by atoms with Gasteiger partial charge in [0.15, 0.2) is 0 Å². The summed E-state index contributed by atoms with van der Waals surface area (Å²) in [6.07, 6.45) is -2.60. The molecule has 0 spiro atoms. The van der Waals surface area contributed by atoms with E-state index in [9.17, 15) is 8.78 Å². The fourth-order valence-electron chi connectivity index (χ4n) is 0.955. The third-order valence-electron chi connectivity index (χ3n) is 1.65. The van der Waals surface area contributed by atoms with Crippen molar-refractivity contribution in [2.45, 2.75) is 19.2 Å². The van der Waals surface area contributed by atoms with E-state index < -0.39 is 6.43 Å². The van der Waals surface area contributed by atoms with Crippen LogP contribution in [0.5, 0.6) is 0 Å². The van der Waals surface area contributed by atoms with E-state index in [4.69, 9.17) is 23.2 Å². The number of aryl methyl sites for hydroxylation is 1. The van der Waals surface area contributed by atoms with Gasteiger partial charge in [-0.3, -0.25) is 4.98 Å². The average Bonchev–Trinajstić information content (AvgIpc) is 2.03. The Morgan fingerprint density at radius 3 is 2.54 bits per heavy atom. The van der Waals surface area contributed by atoms with Gasteiger partial charge in [-0.2, -0.15) is 0 Å². The van der Waals surface area contributed by atoms with Gasteiger partial charge < -0.3 is 0 Å². The maximum absolute atomic E-state index is 12.2. The molecule has 1 aromatic heterocycles. The molecule has 1 nitrogen and oxygen atoms in total. The van der Waals surface area contributed by atoms with Crippen LogP contribution in [0.1, 0.15) is 23.4 Å². The number of halogens is 4. The predicted molar refractivity (Wildman–Crippen MR) is 48.5 cm³/mol. The van der Waals surface area contributed by atoms with Crippen LogP contribution in [0.4, 0.5) is 8.78 Å². The summed E-state index contributed by atoms with van der Waals surface area (Å²) in [6, 6.07) is 1.15. The molecule has 1 aromatic rings. The Kier molecular flexibility index (Phi) is 3.45. The second-order valence-electron chi connectivity index (χ2n) is 2.53. The minimum Gasteiger partial charge on any atom is -0.252 e. The molecule has 5 heteroatoms. The first-order chi connectivity index (χ1) is 6.06. The van der Waals surface area contributed by atoms with E-state index in [0.717, 1.165) is 6.07 Å². The number of nitrogens with zero attached hydrogens (tertiary/aromatic N) is 1. The van der Waals surface area contributed by atoms with Crippen LogP contribution in [0.3, 0.4) is 0 Å². The molecule has 1 heterocycles. The van der Waals surface area contributed by atoms with Crippen LogP contribution in [0.25, 0.3) is 0 Å². The Morgan fingerprint density at radius 2 is 2.15 bits per heavy atom. The van der Waals surface area contributed by atoms with E-state index in [1.54, 1.807) is 6.92 Å². The molecule has 0 saturated carbocycles. The van der Waals surface area contributed by atoms with Crippen molar-refractivity contribution in [3.8, 4) is 0 Å². The fourth-order valence-corrected chi connectivity index (χ4v) is 1.68. The summed E-state index contributed by atoms with van der Waals surface area (Å²) in [7, 11) is 0. The highest BCUT2D eigenvalue weighted by molar-refractivity contribution is 6.32. The van der Waals surface area contributed by atoms with Crippen LogP contribution in [-0.2, 0) is 5.88 Å². The van der Waals surface area contributed by atoms with E-state index in [1.165, 1.54) is 0 Å². The van der Waals surface area contributed by atoms with Crippen LogP contribution in [0, 0.1) is 6.92 Å². The maximum atomic E-state index is 12.2. The van der Waals surface area contributed by atoms with Crippen molar-refractivity contribution >= 4 is 23.2 Å². The molecule has 1 rings (SSSR count). The first-order valence-electron chi connectivity index (χ1n) is 3.56. The Morgan fingerprint density at radius 1 is 1.54 bits per heavy atom. The largest absolute Gasteiger partial charge is 0.280 e. The van der Waals surface area contributed by atoms with Crippen molar-refractivity contribution in [3.63, 3.8) is 0 Å². The van der Waals surface area contributed by atoms with Gasteiger partial charge in [0.2, 0.25) is 0 Å². The van der Waals surface area contributed by atoms with Crippen molar-refractivity contribution in [1.29, 1.82) is 0 Å². The second kappa shape index (κ2) is 4.20. The molecular formula is C8H7Cl2F2N. The third kappa shape index (κ3) is 2.29. The summed E-state index contributed by atoms with van der Waals surface area (Å²) < 4.78 is 24.4. The zero-order valence-electron chi connectivity index (χ0n) is 6.82. The molecular weight excluding hydrogens is 219 g/mol. The topological polar surface area (TPSA) is 12.9 Å². The van der Waals surface area contributed by atoms with E-state index >= 15 is 0 Å². The quantitative estimate of drug-likeness (QED) is 0.700. The van der Waals surface area contributed by atoms with Gasteiger partial charge >= 0.3 is 0 Å². The Balaban J connectivity index is 3.20. The number of aromatic nitrogens is 1. The normalized spacial score (nSPS) is 10.9. The number of hydrogen-bond acceptors (Lipinski definition) is 1. The zero-order chi connectivity index (χ0) is 10.0. The molecule has 0 unspecified atom stereocenters. The van der Waals surface area contributed by atoms with Crippen LogP contribution < -0.4 is 0 Å². The van der Waals surface area contributed by atoms with Crippen molar-refractivity contribution in [2.24, 2.45) is 0 Å². The molecule has 0 aromatic carbocycles. The molecule has 0 radical (unpaired) electrons. The number of rotatable bonds is 2. The average molecular weight is 226 g/mol. The zero-order valence-corrected chi connectivity index (χ0v) is 8.33. The molecule has 0 N–H and O–H groups in total. The number of pyridine rings is 1. The summed E-state index contributed by atoms with van der Waals surface area (Å²) >= 11 is 11.3. The first kappa shape index (κ1) is 10.7. The Hall–Kier alpha value is -0.410. The fraction of sp³-hybridized carbons (Fsp3) is 0.375. The third-order valence-corrected chi connectivity index (χ3v) is 2.26. The summed E-state index contributed by atoms with van der Waals surface area (Å²) in [6.45, 7) is 1.61. The smallest absolute Gasteiger partial charge is 0.252 e. The van der Waals surface area contributed by atoms with Gasteiger partial charge in [0, 0.05) is 16.3 Å². The van der Waals surface area contributed by atoms with Gasteiger partial charge in [-0.25, -0.2) is 8.78 Å². The highest BCUT2D eigenvalue weighted by Crippen LogP contribution is 2.26. The molecule has 0 bridgehead atoms. The highest BCUT2D eigenvalue weighted by atomic mass is 35.5. The van der Waals surface area contributed by atoms with Crippen molar-refractivity contribution in [1.82, 2.24) is 4.98 Å². The lowest BCUT2D eigenvalue weighted by atomic mass is 10.2. The monoisotopic (exact) mass is 225 g/mol. The van der Waals surface area contributed by atoms with Gasteiger partial charge in [-0.1, -0.05) is 11.6 Å². The SMILES string of the molecule is Cc1nc(C(F)F)cc(Cl)c1CCl. The lowest BCUT2D eigenvalue weighted by Gasteiger charge is -2.06. The van der Waals surface area contributed by atoms with Crippen molar-refractivity contribution < 1.29 is 8.78 Å². The molecule has 0 aliphatic rings. The maximum Gasteiger partial charge on any atom is 0.280 e. The van der Waals surface area contributed by atoms with Crippen LogP contribution in [0.2, 0.25) is 5.02 Å². The lowest BCUT2D eigenvalue weighted by Crippen LogP contribution is -1.97. The van der Waals surface area contributed by atoms with Gasteiger partial charge in [0.05, 0.1) is 5.88 Å². The van der Waals surface area contributed by atoms with Gasteiger partial charge in [0.1, 0.15) is 5.69 Å². The van der Waals surface area contributed by atoms with Gasteiger partial charge in [0.25, 0.3) is 6.43 Å². The van der Waals surface area contributed by atoms with Gasteiger partial charge in [-0.05, 0) is 13.0 Å². The summed E-state index contributed by atoms with van der Waals surface area (Å²) in [5.41, 5.74) is 0.752. The predicted octanol–water partition coefficient (Wildman–Crippen LogP) is 3.72. The summed E-state index contributed by atoms with van der Waals surface area (Å²) in [5.74, 6) is 0.182. The number of alkyl halides is 3. The first-order valence-corrected chi connectivity index (χ1v) is 4.47. The molecule has 0 saturated heterocycles. The lowest BCUT2D eigenvalue weighted by molar-refractivity contribution is 0.146. The minimum absolute atomic E-state index is 0.182. The molecule has 72 valence electrons. The van der Waals surface area contributed by atoms with Crippen LogP contribution >= 0.6 is 23.2 Å². The second-order valence-corrected chi connectivity index (χ2v) is 3.20. The van der Waals surface area contributed by atoms with Crippen LogP contribution in [-0.4, -0.2) is 4.98 Å². The molecule has 0 atom stereocenters. The van der Waals surface area contributed by atoms with Crippen molar-refractivity contribution in [3.05, 3.63) is 28.0 Å². The molecule has 0 amide bonds. The van der Waals surface area contributed by atoms with E-state index in [-0.39, 0.29) is 16.6 Å². The van der Waals surface area contributed by atoms with Gasteiger partial charge in [-0.15, -0.1) is 11.6 Å². The Labute approximate surface area is 84.7 Å².